The first-order chi connectivity index (χ1) is 12.2. The van der Waals surface area contributed by atoms with Gasteiger partial charge >= 0.3 is 0 Å². The van der Waals surface area contributed by atoms with Crippen molar-refractivity contribution in [3.63, 3.8) is 0 Å². The van der Waals surface area contributed by atoms with Crippen molar-refractivity contribution in [2.75, 3.05) is 7.11 Å². The molecule has 0 unspecified atom stereocenters. The van der Waals surface area contributed by atoms with Crippen LogP contribution in [0.15, 0.2) is 46.9 Å². The van der Waals surface area contributed by atoms with Gasteiger partial charge in [-0.05, 0) is 67.2 Å². The highest BCUT2D eigenvalue weighted by Crippen LogP contribution is 2.33. The minimum absolute atomic E-state index is 0.258. The third-order valence-corrected chi connectivity index (χ3v) is 4.84. The molecule has 0 atom stereocenters. The Hall–Kier alpha value is -2.25. The normalized spacial score (nSPS) is 15.0. The molecule has 0 radical (unpaired) electrons. The zero-order valence-corrected chi connectivity index (χ0v) is 15.8. The van der Waals surface area contributed by atoms with Crippen molar-refractivity contribution in [3.8, 4) is 17.6 Å². The maximum atomic E-state index is 9.54. The molecule has 0 spiro atoms. The molecule has 0 N–H and O–H groups in total. The molecule has 0 bridgehead atoms. The number of rotatable bonds is 5. The number of allylic oxidation sites excluding steroid dienone is 1. The molecule has 128 valence electrons. The monoisotopic (exact) mass is 397 g/mol. The Morgan fingerprint density at radius 1 is 1.16 bits per heavy atom. The molecule has 25 heavy (non-hydrogen) atoms. The van der Waals surface area contributed by atoms with E-state index < -0.39 is 0 Å². The Balaban J connectivity index is 1.91. The highest BCUT2D eigenvalue weighted by molar-refractivity contribution is 9.10. The first-order valence-corrected chi connectivity index (χ1v) is 9.21. The molecule has 0 heterocycles. The van der Waals surface area contributed by atoms with Crippen LogP contribution in [0.1, 0.15) is 36.8 Å². The maximum Gasteiger partial charge on any atom is 0.162 e. The SMILES string of the molecule is COc1ccc(/C=C(\C#N)c2cccc(Br)c2)cc1OC1CCCC1. The average molecular weight is 398 g/mol. The molecule has 2 aromatic rings. The van der Waals surface area contributed by atoms with E-state index in [4.69, 9.17) is 9.47 Å². The van der Waals surface area contributed by atoms with Gasteiger partial charge in [-0.25, -0.2) is 0 Å². The van der Waals surface area contributed by atoms with Gasteiger partial charge in [0.25, 0.3) is 0 Å². The van der Waals surface area contributed by atoms with Crippen LogP contribution in [0, 0.1) is 11.3 Å². The first-order valence-electron chi connectivity index (χ1n) is 8.42. The second kappa shape index (κ2) is 8.22. The van der Waals surface area contributed by atoms with Crippen molar-refractivity contribution in [2.45, 2.75) is 31.8 Å². The third kappa shape index (κ3) is 4.43. The largest absolute Gasteiger partial charge is 0.493 e. The van der Waals surface area contributed by atoms with Crippen molar-refractivity contribution in [1.82, 2.24) is 0 Å². The minimum atomic E-state index is 0.258. The number of methoxy groups -OCH3 is 1. The Bertz CT molecular complexity index is 817. The molecule has 2 aromatic carbocycles. The van der Waals surface area contributed by atoms with Crippen molar-refractivity contribution >= 4 is 27.6 Å². The molecule has 0 amide bonds. The predicted octanol–water partition coefficient (Wildman–Crippen LogP) is 5.84. The van der Waals surface area contributed by atoms with Gasteiger partial charge in [-0.1, -0.05) is 34.1 Å². The standard InChI is InChI=1S/C21H20BrNO2/c1-24-20-10-9-15(12-21(20)25-19-7-2-3-8-19)11-17(14-23)16-5-4-6-18(22)13-16/h4-6,9-13,19H,2-3,7-8H2,1H3/b17-11+. The van der Waals surface area contributed by atoms with Gasteiger partial charge in [0.2, 0.25) is 0 Å². The molecule has 1 aliphatic carbocycles. The Morgan fingerprint density at radius 3 is 2.64 bits per heavy atom. The Kier molecular flexibility index (Phi) is 5.78. The summed E-state index contributed by atoms with van der Waals surface area (Å²) >= 11 is 3.45. The van der Waals surface area contributed by atoms with E-state index in [1.54, 1.807) is 7.11 Å². The highest BCUT2D eigenvalue weighted by atomic mass is 79.9. The second-order valence-electron chi connectivity index (χ2n) is 6.11. The summed E-state index contributed by atoms with van der Waals surface area (Å²) in [5.41, 5.74) is 2.41. The van der Waals surface area contributed by atoms with Gasteiger partial charge < -0.3 is 9.47 Å². The molecular formula is C21H20BrNO2. The van der Waals surface area contributed by atoms with E-state index in [2.05, 4.69) is 22.0 Å². The van der Waals surface area contributed by atoms with Gasteiger partial charge in [-0.3, -0.25) is 0 Å². The molecule has 3 rings (SSSR count). The van der Waals surface area contributed by atoms with E-state index in [1.807, 2.05) is 48.5 Å². The quantitative estimate of drug-likeness (QED) is 0.469. The van der Waals surface area contributed by atoms with E-state index in [0.29, 0.717) is 5.57 Å². The molecular weight excluding hydrogens is 378 g/mol. The van der Waals surface area contributed by atoms with Crippen molar-refractivity contribution in [1.29, 1.82) is 5.26 Å². The number of nitrogens with zero attached hydrogens (tertiary/aromatic N) is 1. The second-order valence-corrected chi connectivity index (χ2v) is 7.03. The van der Waals surface area contributed by atoms with Crippen LogP contribution in [0.2, 0.25) is 0 Å². The number of ether oxygens (including phenoxy) is 2. The fourth-order valence-corrected chi connectivity index (χ4v) is 3.46. The summed E-state index contributed by atoms with van der Waals surface area (Å²) < 4.78 is 12.5. The van der Waals surface area contributed by atoms with E-state index in [1.165, 1.54) is 12.8 Å². The minimum Gasteiger partial charge on any atom is -0.493 e. The summed E-state index contributed by atoms with van der Waals surface area (Å²) in [6.45, 7) is 0. The lowest BCUT2D eigenvalue weighted by Gasteiger charge is -2.16. The zero-order chi connectivity index (χ0) is 17.6. The van der Waals surface area contributed by atoms with Crippen LogP contribution in [-0.2, 0) is 0 Å². The molecule has 1 saturated carbocycles. The highest BCUT2D eigenvalue weighted by Gasteiger charge is 2.18. The smallest absolute Gasteiger partial charge is 0.162 e. The van der Waals surface area contributed by atoms with Crippen molar-refractivity contribution in [3.05, 3.63) is 58.1 Å². The van der Waals surface area contributed by atoms with Gasteiger partial charge in [-0.2, -0.15) is 5.26 Å². The van der Waals surface area contributed by atoms with E-state index in [0.717, 1.165) is 39.9 Å². The van der Waals surface area contributed by atoms with Crippen LogP contribution < -0.4 is 9.47 Å². The fraction of sp³-hybridized carbons (Fsp3) is 0.286. The number of hydrogen-bond donors (Lipinski definition) is 0. The lowest BCUT2D eigenvalue weighted by atomic mass is 10.0. The summed E-state index contributed by atoms with van der Waals surface area (Å²) in [7, 11) is 1.65. The lowest BCUT2D eigenvalue weighted by Crippen LogP contribution is -2.11. The summed E-state index contributed by atoms with van der Waals surface area (Å²) in [6.07, 6.45) is 6.74. The van der Waals surface area contributed by atoms with Gasteiger partial charge in [0.15, 0.2) is 11.5 Å². The molecule has 0 aliphatic heterocycles. The maximum absolute atomic E-state index is 9.54. The Morgan fingerprint density at radius 2 is 1.96 bits per heavy atom. The number of nitriles is 1. The van der Waals surface area contributed by atoms with Crippen molar-refractivity contribution in [2.24, 2.45) is 0 Å². The molecule has 1 fully saturated rings. The first kappa shape index (κ1) is 17.6. The van der Waals surface area contributed by atoms with Crippen LogP contribution in [0.3, 0.4) is 0 Å². The topological polar surface area (TPSA) is 42.2 Å². The molecule has 0 saturated heterocycles. The van der Waals surface area contributed by atoms with E-state index in [9.17, 15) is 5.26 Å². The lowest BCUT2D eigenvalue weighted by molar-refractivity contribution is 0.201. The average Bonchev–Trinajstić information content (AvgIpc) is 3.13. The number of halogens is 1. The van der Waals surface area contributed by atoms with Crippen LogP contribution in [0.25, 0.3) is 11.6 Å². The van der Waals surface area contributed by atoms with Crippen molar-refractivity contribution < 1.29 is 9.47 Å². The summed E-state index contributed by atoms with van der Waals surface area (Å²) in [6, 6.07) is 15.8. The molecule has 3 nitrogen and oxygen atoms in total. The number of benzene rings is 2. The Labute approximate surface area is 157 Å². The van der Waals surface area contributed by atoms with Gasteiger partial charge in [-0.15, -0.1) is 0 Å². The summed E-state index contributed by atoms with van der Waals surface area (Å²) in [4.78, 5) is 0. The van der Waals surface area contributed by atoms with Gasteiger partial charge in [0.05, 0.1) is 24.9 Å². The number of hydrogen-bond acceptors (Lipinski definition) is 3. The fourth-order valence-electron chi connectivity index (χ4n) is 3.06. The predicted molar refractivity (Wildman–Crippen MR) is 104 cm³/mol. The van der Waals surface area contributed by atoms with Crippen LogP contribution in [0.4, 0.5) is 0 Å². The van der Waals surface area contributed by atoms with Gasteiger partial charge in [0, 0.05) is 4.47 Å². The van der Waals surface area contributed by atoms with E-state index in [-0.39, 0.29) is 6.10 Å². The third-order valence-electron chi connectivity index (χ3n) is 4.35. The molecule has 0 aromatic heterocycles. The molecule has 1 aliphatic rings. The van der Waals surface area contributed by atoms with Crippen LogP contribution in [-0.4, -0.2) is 13.2 Å². The summed E-state index contributed by atoms with van der Waals surface area (Å²) in [5.74, 6) is 1.47. The molecule has 4 heteroatoms. The van der Waals surface area contributed by atoms with Gasteiger partial charge in [0.1, 0.15) is 0 Å². The van der Waals surface area contributed by atoms with Crippen LogP contribution >= 0.6 is 15.9 Å². The van der Waals surface area contributed by atoms with E-state index >= 15 is 0 Å². The zero-order valence-electron chi connectivity index (χ0n) is 14.2. The summed E-state index contributed by atoms with van der Waals surface area (Å²) in [5, 5.41) is 9.54. The van der Waals surface area contributed by atoms with Crippen LogP contribution in [0.5, 0.6) is 11.5 Å².